The highest BCUT2D eigenvalue weighted by Gasteiger charge is 2.28. The highest BCUT2D eigenvalue weighted by molar-refractivity contribution is 5.91. The van der Waals surface area contributed by atoms with E-state index in [4.69, 9.17) is 10.2 Å². The van der Waals surface area contributed by atoms with Crippen LogP contribution in [0.3, 0.4) is 0 Å². The summed E-state index contributed by atoms with van der Waals surface area (Å²) in [6.07, 6.45) is 5.61. The van der Waals surface area contributed by atoms with Gasteiger partial charge >= 0.3 is 0 Å². The molecule has 0 spiro atoms. The summed E-state index contributed by atoms with van der Waals surface area (Å²) in [4.78, 5) is 20.8. The van der Waals surface area contributed by atoms with Crippen LogP contribution in [0.15, 0.2) is 41.0 Å². The molecule has 0 radical (unpaired) electrons. The van der Waals surface area contributed by atoms with Crippen molar-refractivity contribution in [2.45, 2.75) is 58.0 Å². The Balaban J connectivity index is 1.65. The predicted molar refractivity (Wildman–Crippen MR) is 114 cm³/mol. The first-order valence-corrected chi connectivity index (χ1v) is 10.4. The van der Waals surface area contributed by atoms with Gasteiger partial charge in [-0.1, -0.05) is 37.1 Å². The minimum absolute atomic E-state index is 0.0467. The molecule has 4 rings (SSSR count). The lowest BCUT2D eigenvalue weighted by molar-refractivity contribution is 0.0982. The number of carbonyl (C=O) groups excluding carboxylic acids is 1. The molecule has 1 aromatic carbocycles. The van der Waals surface area contributed by atoms with Gasteiger partial charge in [0, 0.05) is 18.4 Å². The maximum atomic E-state index is 11.9. The quantitative estimate of drug-likeness (QED) is 0.666. The fourth-order valence-corrected chi connectivity index (χ4v) is 4.29. The lowest BCUT2D eigenvalue weighted by atomic mass is 9.81. The van der Waals surface area contributed by atoms with E-state index in [1.54, 1.807) is 12.3 Å². The van der Waals surface area contributed by atoms with Crippen LogP contribution in [0.2, 0.25) is 0 Å². The zero-order valence-electron chi connectivity index (χ0n) is 17.4. The molecule has 1 fully saturated rings. The first-order chi connectivity index (χ1) is 14.4. The highest BCUT2D eigenvalue weighted by Crippen LogP contribution is 2.35. The molecule has 6 heteroatoms. The number of aryl methyl sites for hydroxylation is 1. The number of nitrogens with two attached hydrogens (primary N) is 1. The molecule has 1 saturated carbocycles. The van der Waals surface area contributed by atoms with Gasteiger partial charge in [0.15, 0.2) is 5.89 Å². The summed E-state index contributed by atoms with van der Waals surface area (Å²) in [6, 6.07) is 9.93. The maximum absolute atomic E-state index is 11.9. The van der Waals surface area contributed by atoms with E-state index in [1.807, 2.05) is 26.0 Å². The molecule has 0 saturated heterocycles. The molecule has 2 heterocycles. The summed E-state index contributed by atoms with van der Waals surface area (Å²) < 4.78 is 5.29. The number of amides is 1. The van der Waals surface area contributed by atoms with E-state index in [0.29, 0.717) is 12.3 Å². The molecular weight excluding hydrogens is 378 g/mol. The molecule has 156 valence electrons. The van der Waals surface area contributed by atoms with E-state index in [0.717, 1.165) is 59.3 Å². The van der Waals surface area contributed by atoms with Crippen LogP contribution in [0.4, 0.5) is 0 Å². The van der Waals surface area contributed by atoms with Crippen LogP contribution in [-0.2, 0) is 6.42 Å². The van der Waals surface area contributed by atoms with E-state index < -0.39 is 12.0 Å². The SMILES string of the molecule is Cc1nc(-c2ccc(Cc3cc(C(N)=O)nc([C@@H]4CCCC[C@@H]4O)c3C)cc2)co1. The van der Waals surface area contributed by atoms with Crippen molar-refractivity contribution >= 4 is 5.91 Å². The van der Waals surface area contributed by atoms with Crippen LogP contribution in [0.25, 0.3) is 11.3 Å². The second kappa shape index (κ2) is 8.40. The van der Waals surface area contributed by atoms with E-state index in [-0.39, 0.29) is 11.6 Å². The van der Waals surface area contributed by atoms with Gasteiger partial charge in [0.1, 0.15) is 17.7 Å². The van der Waals surface area contributed by atoms with E-state index >= 15 is 0 Å². The number of hydrogen-bond donors (Lipinski definition) is 2. The summed E-state index contributed by atoms with van der Waals surface area (Å²) in [7, 11) is 0. The Bertz CT molecular complexity index is 1060. The number of carbonyl (C=O) groups is 1. The standard InChI is InChI=1S/C24H27N3O3/c1-14-18(11-16-7-9-17(10-8-16)21-13-30-15(2)26-21)12-20(24(25)29)27-23(14)19-5-3-4-6-22(19)28/h7-10,12-13,19,22,28H,3-6,11H2,1-2H3,(H2,25,29)/t19-,22+/m1/s1. The van der Waals surface area contributed by atoms with Crippen molar-refractivity contribution < 1.29 is 14.3 Å². The molecule has 3 N–H and O–H groups in total. The summed E-state index contributed by atoms with van der Waals surface area (Å²) in [5, 5.41) is 10.5. The van der Waals surface area contributed by atoms with Crippen molar-refractivity contribution in [3.8, 4) is 11.3 Å². The fourth-order valence-electron chi connectivity index (χ4n) is 4.29. The normalized spacial score (nSPS) is 19.0. The lowest BCUT2D eigenvalue weighted by Gasteiger charge is -2.29. The van der Waals surface area contributed by atoms with E-state index in [9.17, 15) is 9.90 Å². The largest absolute Gasteiger partial charge is 0.449 e. The summed E-state index contributed by atoms with van der Waals surface area (Å²) in [5.41, 5.74) is 11.6. The molecule has 1 amide bonds. The Morgan fingerprint density at radius 2 is 1.90 bits per heavy atom. The Morgan fingerprint density at radius 1 is 1.17 bits per heavy atom. The number of aliphatic hydroxyl groups excluding tert-OH is 1. The van der Waals surface area contributed by atoms with Gasteiger partial charge in [-0.2, -0.15) is 0 Å². The van der Waals surface area contributed by atoms with Crippen molar-refractivity contribution in [1.29, 1.82) is 0 Å². The molecule has 1 aliphatic carbocycles. The van der Waals surface area contributed by atoms with Gasteiger partial charge in [-0.05, 0) is 48.9 Å². The second-order valence-electron chi connectivity index (χ2n) is 8.12. The third kappa shape index (κ3) is 4.14. The molecular formula is C24H27N3O3. The maximum Gasteiger partial charge on any atom is 0.267 e. The van der Waals surface area contributed by atoms with Gasteiger partial charge in [-0.25, -0.2) is 9.97 Å². The summed E-state index contributed by atoms with van der Waals surface area (Å²) >= 11 is 0. The van der Waals surface area contributed by atoms with Crippen LogP contribution in [0.5, 0.6) is 0 Å². The minimum atomic E-state index is -0.542. The van der Waals surface area contributed by atoms with Gasteiger partial charge < -0.3 is 15.3 Å². The molecule has 3 aromatic rings. The smallest absolute Gasteiger partial charge is 0.267 e. The van der Waals surface area contributed by atoms with Crippen molar-refractivity contribution in [2.75, 3.05) is 0 Å². The minimum Gasteiger partial charge on any atom is -0.449 e. The number of oxazole rings is 1. The Kier molecular flexibility index (Phi) is 5.68. The molecule has 6 nitrogen and oxygen atoms in total. The first kappa shape index (κ1) is 20.3. The number of benzene rings is 1. The van der Waals surface area contributed by atoms with Crippen molar-refractivity contribution in [1.82, 2.24) is 9.97 Å². The average Bonchev–Trinajstić information content (AvgIpc) is 3.17. The third-order valence-corrected chi connectivity index (χ3v) is 6.01. The summed E-state index contributed by atoms with van der Waals surface area (Å²) in [5.74, 6) is 0.0482. The van der Waals surface area contributed by atoms with Crippen LogP contribution in [-0.4, -0.2) is 27.1 Å². The van der Waals surface area contributed by atoms with Gasteiger partial charge in [-0.15, -0.1) is 0 Å². The molecule has 1 aliphatic rings. The fraction of sp³-hybridized carbons (Fsp3) is 0.375. The molecule has 0 bridgehead atoms. The molecule has 2 aromatic heterocycles. The van der Waals surface area contributed by atoms with Crippen LogP contribution in [0.1, 0.15) is 70.4 Å². The van der Waals surface area contributed by atoms with E-state index in [1.165, 1.54) is 0 Å². The summed E-state index contributed by atoms with van der Waals surface area (Å²) in [6.45, 7) is 3.84. The van der Waals surface area contributed by atoms with E-state index in [2.05, 4.69) is 22.1 Å². The van der Waals surface area contributed by atoms with Gasteiger partial charge in [-0.3, -0.25) is 4.79 Å². The molecule has 30 heavy (non-hydrogen) atoms. The molecule has 0 aliphatic heterocycles. The number of pyridine rings is 1. The predicted octanol–water partition coefficient (Wildman–Crippen LogP) is 4.06. The number of primary amides is 1. The Morgan fingerprint density at radius 3 is 2.53 bits per heavy atom. The topological polar surface area (TPSA) is 102 Å². The van der Waals surface area contributed by atoms with Gasteiger partial charge in [0.2, 0.25) is 0 Å². The lowest BCUT2D eigenvalue weighted by Crippen LogP contribution is -2.26. The van der Waals surface area contributed by atoms with Crippen molar-refractivity contribution in [3.63, 3.8) is 0 Å². The number of nitrogens with zero attached hydrogens (tertiary/aromatic N) is 2. The number of aliphatic hydroxyl groups is 1. The molecule has 0 unspecified atom stereocenters. The zero-order valence-corrected chi connectivity index (χ0v) is 17.4. The zero-order chi connectivity index (χ0) is 21.3. The van der Waals surface area contributed by atoms with Crippen LogP contribution >= 0.6 is 0 Å². The van der Waals surface area contributed by atoms with Gasteiger partial charge in [0.25, 0.3) is 5.91 Å². The Hall–Kier alpha value is -2.99. The highest BCUT2D eigenvalue weighted by atomic mass is 16.3. The monoisotopic (exact) mass is 405 g/mol. The van der Waals surface area contributed by atoms with Gasteiger partial charge in [0.05, 0.1) is 11.8 Å². The van der Waals surface area contributed by atoms with Crippen molar-refractivity contribution in [3.05, 3.63) is 70.6 Å². The first-order valence-electron chi connectivity index (χ1n) is 10.4. The van der Waals surface area contributed by atoms with Crippen LogP contribution < -0.4 is 5.73 Å². The number of hydrogen-bond acceptors (Lipinski definition) is 5. The average molecular weight is 405 g/mol. The Labute approximate surface area is 176 Å². The number of aromatic nitrogens is 2. The van der Waals surface area contributed by atoms with Crippen molar-refractivity contribution in [2.24, 2.45) is 5.73 Å². The van der Waals surface area contributed by atoms with Crippen LogP contribution in [0, 0.1) is 13.8 Å². The third-order valence-electron chi connectivity index (χ3n) is 6.01. The second-order valence-corrected chi connectivity index (χ2v) is 8.12. The number of rotatable bonds is 5. The molecule has 2 atom stereocenters.